The first-order chi connectivity index (χ1) is 4.88. The second-order valence-corrected chi connectivity index (χ2v) is 2.50. The molecule has 10 heavy (non-hydrogen) atoms. The molecule has 1 N–H and O–H groups in total. The van der Waals surface area contributed by atoms with Crippen molar-refractivity contribution in [1.82, 2.24) is 4.98 Å². The molecule has 2 rings (SSSR count). The van der Waals surface area contributed by atoms with Gasteiger partial charge in [-0.3, -0.25) is 0 Å². The van der Waals surface area contributed by atoms with Gasteiger partial charge in [-0.25, -0.2) is 0 Å². The summed E-state index contributed by atoms with van der Waals surface area (Å²) in [5, 5.41) is 2.61. The van der Waals surface area contributed by atoms with Crippen LogP contribution in [0.3, 0.4) is 0 Å². The van der Waals surface area contributed by atoms with Crippen LogP contribution in [0.25, 0.3) is 10.8 Å². The fourth-order valence-electron chi connectivity index (χ4n) is 1.23. The zero-order chi connectivity index (χ0) is 6.97. The van der Waals surface area contributed by atoms with Crippen LogP contribution in [0.4, 0.5) is 0 Å². The summed E-state index contributed by atoms with van der Waals surface area (Å²) < 4.78 is 0. The molecule has 0 bridgehead atoms. The molecule has 0 atom stereocenters. The van der Waals surface area contributed by atoms with Crippen LogP contribution in [0, 0.1) is 0 Å². The van der Waals surface area contributed by atoms with Gasteiger partial charge in [-0.15, -0.1) is 0 Å². The summed E-state index contributed by atoms with van der Waals surface area (Å²) in [4.78, 5) is 3.18. The molecular formula is C8H8BN. The van der Waals surface area contributed by atoms with Gasteiger partial charge in [0.2, 0.25) is 0 Å². The lowest BCUT2D eigenvalue weighted by atomic mass is 10.0. The summed E-state index contributed by atoms with van der Waals surface area (Å²) in [7, 11) is 2.09. The Balaban J connectivity index is 2.93. The number of aromatic nitrogens is 1. The highest BCUT2D eigenvalue weighted by Gasteiger charge is 1.94. The number of fused-ring (bicyclic) bond motifs is 1. The van der Waals surface area contributed by atoms with Gasteiger partial charge in [0, 0.05) is 6.20 Å². The smallest absolute Gasteiger partial charge is 0.161 e. The van der Waals surface area contributed by atoms with Gasteiger partial charge in [0.15, 0.2) is 7.85 Å². The first-order valence-corrected chi connectivity index (χ1v) is 3.40. The van der Waals surface area contributed by atoms with Crippen LogP contribution < -0.4 is 5.59 Å². The number of H-pyrrole nitrogens is 1. The van der Waals surface area contributed by atoms with Gasteiger partial charge in [-0.1, -0.05) is 24.3 Å². The first-order valence-electron chi connectivity index (χ1n) is 3.40. The molecular weight excluding hydrogens is 121 g/mol. The molecule has 48 valence electrons. The van der Waals surface area contributed by atoms with E-state index in [4.69, 9.17) is 0 Å². The maximum absolute atomic E-state index is 3.18. The number of hydrogen-bond acceptors (Lipinski definition) is 0. The lowest BCUT2D eigenvalue weighted by Crippen LogP contribution is -2.01. The third kappa shape index (κ3) is 0.653. The van der Waals surface area contributed by atoms with Crippen molar-refractivity contribution in [2.45, 2.75) is 0 Å². The van der Waals surface area contributed by atoms with Crippen molar-refractivity contribution >= 4 is 24.2 Å². The number of benzene rings is 1. The minimum absolute atomic E-state index is 1.25. The van der Waals surface area contributed by atoms with Crippen LogP contribution in [0.2, 0.25) is 0 Å². The maximum atomic E-state index is 3.18. The number of hydrogen-bond donors (Lipinski definition) is 1. The lowest BCUT2D eigenvalue weighted by Gasteiger charge is -1.87. The summed E-state index contributed by atoms with van der Waals surface area (Å²) in [6.45, 7) is 0. The van der Waals surface area contributed by atoms with Crippen molar-refractivity contribution in [3.63, 3.8) is 0 Å². The van der Waals surface area contributed by atoms with Gasteiger partial charge in [-0.05, 0) is 16.4 Å². The van der Waals surface area contributed by atoms with E-state index < -0.39 is 0 Å². The average Bonchev–Trinajstić information content (AvgIpc) is 2.34. The van der Waals surface area contributed by atoms with Crippen LogP contribution in [0.5, 0.6) is 0 Å². The third-order valence-electron chi connectivity index (χ3n) is 1.81. The van der Waals surface area contributed by atoms with Crippen molar-refractivity contribution < 1.29 is 0 Å². The van der Waals surface area contributed by atoms with Crippen molar-refractivity contribution in [3.8, 4) is 0 Å². The molecule has 0 fully saturated rings. The highest BCUT2D eigenvalue weighted by atomic mass is 14.7. The highest BCUT2D eigenvalue weighted by Crippen LogP contribution is 2.08. The molecule has 2 heteroatoms. The fraction of sp³-hybridized carbons (Fsp3) is 0. The molecule has 0 radical (unpaired) electrons. The molecule has 1 nitrogen and oxygen atoms in total. The first kappa shape index (κ1) is 5.60. The van der Waals surface area contributed by atoms with Gasteiger partial charge in [0.1, 0.15) is 0 Å². The van der Waals surface area contributed by atoms with E-state index in [0.717, 1.165) is 0 Å². The van der Waals surface area contributed by atoms with Gasteiger partial charge in [-0.2, -0.15) is 0 Å². The standard InChI is InChI=1S/C8H8BN/c9-8-7-4-2-1-3-6(7)5-10-8/h1-5,10H,9H2. The van der Waals surface area contributed by atoms with Crippen molar-refractivity contribution in [3.05, 3.63) is 30.5 Å². The molecule has 0 spiro atoms. The Morgan fingerprint density at radius 3 is 2.80 bits per heavy atom. The molecule has 0 unspecified atom stereocenters. The van der Waals surface area contributed by atoms with Crippen LogP contribution in [-0.4, -0.2) is 12.8 Å². The second kappa shape index (κ2) is 1.91. The maximum Gasteiger partial charge on any atom is 0.161 e. The van der Waals surface area contributed by atoms with E-state index in [2.05, 4.69) is 37.1 Å². The zero-order valence-corrected chi connectivity index (χ0v) is 5.89. The molecule has 2 aromatic rings. The second-order valence-electron chi connectivity index (χ2n) is 2.50. The monoisotopic (exact) mass is 129 g/mol. The van der Waals surface area contributed by atoms with Crippen LogP contribution >= 0.6 is 0 Å². The Labute approximate surface area is 60.5 Å². The average molecular weight is 129 g/mol. The minimum atomic E-state index is 1.25. The molecule has 0 saturated carbocycles. The van der Waals surface area contributed by atoms with E-state index in [0.29, 0.717) is 0 Å². The molecule has 0 saturated heterocycles. The molecule has 1 heterocycles. The third-order valence-corrected chi connectivity index (χ3v) is 1.81. The normalized spacial score (nSPS) is 10.4. The zero-order valence-electron chi connectivity index (χ0n) is 5.89. The Morgan fingerprint density at radius 1 is 1.20 bits per heavy atom. The topological polar surface area (TPSA) is 15.8 Å². The van der Waals surface area contributed by atoms with E-state index >= 15 is 0 Å². The summed E-state index contributed by atoms with van der Waals surface area (Å²) in [6, 6.07) is 8.35. The Bertz CT molecular complexity index is 351. The molecule has 1 aromatic carbocycles. The largest absolute Gasteiger partial charge is 0.373 e. The summed E-state index contributed by atoms with van der Waals surface area (Å²) in [6.07, 6.45) is 2.03. The summed E-state index contributed by atoms with van der Waals surface area (Å²) in [5.41, 5.74) is 1.25. The SMILES string of the molecule is Bc1[nH]cc2ccccc12. The van der Waals surface area contributed by atoms with Gasteiger partial charge in [0.05, 0.1) is 0 Å². The lowest BCUT2D eigenvalue weighted by molar-refractivity contribution is 1.48. The van der Waals surface area contributed by atoms with Gasteiger partial charge < -0.3 is 4.98 Å². The number of rotatable bonds is 0. The number of nitrogens with one attached hydrogen (secondary N) is 1. The van der Waals surface area contributed by atoms with Crippen molar-refractivity contribution in [2.75, 3.05) is 0 Å². The van der Waals surface area contributed by atoms with Gasteiger partial charge in [0.25, 0.3) is 0 Å². The Hall–Kier alpha value is -1.18. The Morgan fingerprint density at radius 2 is 2.00 bits per heavy atom. The van der Waals surface area contributed by atoms with E-state index in [-0.39, 0.29) is 0 Å². The predicted molar refractivity (Wildman–Crippen MR) is 46.5 cm³/mol. The summed E-state index contributed by atoms with van der Waals surface area (Å²) >= 11 is 0. The Kier molecular flexibility index (Phi) is 1.07. The number of aromatic amines is 1. The molecule has 0 aliphatic carbocycles. The molecule has 0 aliphatic rings. The quantitative estimate of drug-likeness (QED) is 0.496. The van der Waals surface area contributed by atoms with Crippen LogP contribution in [0.1, 0.15) is 0 Å². The molecule has 1 aromatic heterocycles. The van der Waals surface area contributed by atoms with E-state index in [1.165, 1.54) is 16.4 Å². The van der Waals surface area contributed by atoms with Crippen molar-refractivity contribution in [2.24, 2.45) is 0 Å². The van der Waals surface area contributed by atoms with Gasteiger partial charge >= 0.3 is 0 Å². The molecule has 0 aliphatic heterocycles. The van der Waals surface area contributed by atoms with E-state index in [1.54, 1.807) is 0 Å². The minimum Gasteiger partial charge on any atom is -0.373 e. The van der Waals surface area contributed by atoms with E-state index in [9.17, 15) is 0 Å². The summed E-state index contributed by atoms with van der Waals surface area (Å²) in [5.74, 6) is 0. The van der Waals surface area contributed by atoms with Crippen LogP contribution in [0.15, 0.2) is 30.5 Å². The molecule has 0 amide bonds. The van der Waals surface area contributed by atoms with E-state index in [1.807, 2.05) is 6.20 Å². The van der Waals surface area contributed by atoms with Crippen LogP contribution in [-0.2, 0) is 0 Å². The highest BCUT2D eigenvalue weighted by molar-refractivity contribution is 6.37. The van der Waals surface area contributed by atoms with Crippen molar-refractivity contribution in [1.29, 1.82) is 0 Å². The fourth-order valence-corrected chi connectivity index (χ4v) is 1.23. The predicted octanol–water partition coefficient (Wildman–Crippen LogP) is 0.426.